The van der Waals surface area contributed by atoms with Crippen LogP contribution in [0.2, 0.25) is 10.0 Å². The molecule has 0 spiro atoms. The van der Waals surface area contributed by atoms with E-state index < -0.39 is 46.1 Å². The predicted molar refractivity (Wildman–Crippen MR) is 137 cm³/mol. The monoisotopic (exact) mass is 563 g/mol. The quantitative estimate of drug-likeness (QED) is 0.432. The maximum Gasteiger partial charge on any atom is 0.244 e. The average Bonchev–Trinajstić information content (AvgIpc) is 2.79. The van der Waals surface area contributed by atoms with Crippen molar-refractivity contribution in [3.63, 3.8) is 0 Å². The summed E-state index contributed by atoms with van der Waals surface area (Å²) in [5.41, 5.74) is 0.336. The molecule has 0 saturated heterocycles. The molecule has 0 heterocycles. The van der Waals surface area contributed by atoms with E-state index in [1.165, 1.54) is 4.90 Å². The highest BCUT2D eigenvalue weighted by atomic mass is 35.5. The van der Waals surface area contributed by atoms with Crippen LogP contribution in [0.3, 0.4) is 0 Å². The molecule has 1 N–H and O–H groups in total. The van der Waals surface area contributed by atoms with Gasteiger partial charge in [0.15, 0.2) is 11.6 Å². The number of hydrogen-bond acceptors (Lipinski definition) is 4. The molecule has 7 nitrogen and oxygen atoms in total. The molecule has 2 rings (SSSR count). The van der Waals surface area contributed by atoms with Gasteiger partial charge in [-0.3, -0.25) is 13.9 Å². The number of sulfonamides is 1. The topological polar surface area (TPSA) is 86.8 Å². The first-order valence-corrected chi connectivity index (χ1v) is 13.8. The molecular weight excluding hydrogens is 535 g/mol. The molecular formula is C24H29Cl2F2N3O4S. The van der Waals surface area contributed by atoms with Crippen LogP contribution in [0.25, 0.3) is 0 Å². The Hall–Kier alpha value is -2.43. The molecule has 0 unspecified atom stereocenters. The smallest absolute Gasteiger partial charge is 0.244 e. The molecule has 2 aromatic rings. The lowest BCUT2D eigenvalue weighted by Gasteiger charge is -2.33. The summed E-state index contributed by atoms with van der Waals surface area (Å²) in [5, 5.41) is 3.36. The third-order valence-corrected chi connectivity index (χ3v) is 7.16. The standard InChI is InChI=1S/C24H29Cl2F2N3O4S/c1-5-22(24(33)29-12-15(2)3)30(13-16-6-8-18(25)19(26)10-16)23(32)14-31(36(4,34)35)17-7-9-20(27)21(28)11-17/h6-11,15,22H,5,12-14H2,1-4H3,(H,29,33)/t22-/m0/s1. The molecule has 0 bridgehead atoms. The first-order valence-electron chi connectivity index (χ1n) is 11.2. The Balaban J connectivity index is 2.46. The number of amides is 2. The van der Waals surface area contributed by atoms with Crippen LogP contribution in [-0.4, -0.2) is 50.5 Å². The van der Waals surface area contributed by atoms with Gasteiger partial charge < -0.3 is 10.2 Å². The SMILES string of the molecule is CC[C@@H](C(=O)NCC(C)C)N(Cc1ccc(Cl)c(Cl)c1)C(=O)CN(c1ccc(F)c(F)c1)S(C)(=O)=O. The van der Waals surface area contributed by atoms with E-state index in [9.17, 15) is 26.8 Å². The summed E-state index contributed by atoms with van der Waals surface area (Å²) in [6, 6.07) is 6.32. The van der Waals surface area contributed by atoms with Crippen LogP contribution in [0.5, 0.6) is 0 Å². The van der Waals surface area contributed by atoms with Crippen molar-refractivity contribution in [2.24, 2.45) is 5.92 Å². The number of hydrogen-bond donors (Lipinski definition) is 1. The third kappa shape index (κ3) is 8.04. The van der Waals surface area contributed by atoms with Crippen molar-refractivity contribution in [3.8, 4) is 0 Å². The van der Waals surface area contributed by atoms with Gasteiger partial charge in [-0.05, 0) is 42.2 Å². The number of halogens is 4. The number of nitrogens with one attached hydrogen (secondary N) is 1. The van der Waals surface area contributed by atoms with Crippen LogP contribution < -0.4 is 9.62 Å². The van der Waals surface area contributed by atoms with Crippen molar-refractivity contribution in [3.05, 3.63) is 63.6 Å². The predicted octanol–water partition coefficient (Wildman–Crippen LogP) is 4.62. The third-order valence-electron chi connectivity index (χ3n) is 5.28. The number of anilines is 1. The number of benzene rings is 2. The summed E-state index contributed by atoms with van der Waals surface area (Å²) >= 11 is 12.1. The molecule has 2 amide bonds. The van der Waals surface area contributed by atoms with Gasteiger partial charge in [-0.15, -0.1) is 0 Å². The van der Waals surface area contributed by atoms with Gasteiger partial charge in [0, 0.05) is 19.2 Å². The summed E-state index contributed by atoms with van der Waals surface area (Å²) in [7, 11) is -4.08. The number of carbonyl (C=O) groups excluding carboxylic acids is 2. The van der Waals surface area contributed by atoms with Gasteiger partial charge in [0.25, 0.3) is 0 Å². The summed E-state index contributed by atoms with van der Waals surface area (Å²) in [5.74, 6) is -3.38. The van der Waals surface area contributed by atoms with Crippen molar-refractivity contribution >= 4 is 50.7 Å². The molecule has 0 saturated carbocycles. The molecule has 1 atom stereocenters. The van der Waals surface area contributed by atoms with E-state index >= 15 is 0 Å². The van der Waals surface area contributed by atoms with Crippen molar-refractivity contribution < 1.29 is 26.8 Å². The molecule has 0 aliphatic carbocycles. The number of nitrogens with zero attached hydrogens (tertiary/aromatic N) is 2. The zero-order valence-corrected chi connectivity index (χ0v) is 22.7. The minimum Gasteiger partial charge on any atom is -0.354 e. The fraction of sp³-hybridized carbons (Fsp3) is 0.417. The lowest BCUT2D eigenvalue weighted by atomic mass is 10.1. The van der Waals surface area contributed by atoms with E-state index in [-0.39, 0.29) is 29.6 Å². The molecule has 12 heteroatoms. The van der Waals surface area contributed by atoms with Crippen molar-refractivity contribution in [2.75, 3.05) is 23.7 Å². The van der Waals surface area contributed by atoms with Gasteiger partial charge in [-0.25, -0.2) is 17.2 Å². The second kappa shape index (κ2) is 12.7. The largest absolute Gasteiger partial charge is 0.354 e. The van der Waals surface area contributed by atoms with Crippen molar-refractivity contribution in [1.82, 2.24) is 10.2 Å². The minimum atomic E-state index is -4.08. The Morgan fingerprint density at radius 3 is 2.22 bits per heavy atom. The molecule has 198 valence electrons. The molecule has 36 heavy (non-hydrogen) atoms. The summed E-state index contributed by atoms with van der Waals surface area (Å²) in [4.78, 5) is 27.8. The highest BCUT2D eigenvalue weighted by Gasteiger charge is 2.32. The van der Waals surface area contributed by atoms with Gasteiger partial charge in [0.2, 0.25) is 21.8 Å². The van der Waals surface area contributed by atoms with E-state index in [4.69, 9.17) is 23.2 Å². The maximum atomic E-state index is 13.9. The fourth-order valence-electron chi connectivity index (χ4n) is 3.43. The Morgan fingerprint density at radius 2 is 1.69 bits per heavy atom. The second-order valence-electron chi connectivity index (χ2n) is 8.70. The van der Waals surface area contributed by atoms with Crippen LogP contribution in [0, 0.1) is 17.6 Å². The Morgan fingerprint density at radius 1 is 1.03 bits per heavy atom. The van der Waals surface area contributed by atoms with Crippen LogP contribution in [0.15, 0.2) is 36.4 Å². The Labute approximate surface area is 220 Å². The van der Waals surface area contributed by atoms with E-state index in [1.54, 1.807) is 25.1 Å². The highest BCUT2D eigenvalue weighted by Crippen LogP contribution is 2.25. The zero-order valence-electron chi connectivity index (χ0n) is 20.4. The normalized spacial score (nSPS) is 12.4. The van der Waals surface area contributed by atoms with E-state index in [1.807, 2.05) is 13.8 Å². The van der Waals surface area contributed by atoms with E-state index in [2.05, 4.69) is 5.32 Å². The molecule has 0 radical (unpaired) electrons. The maximum absolute atomic E-state index is 13.9. The van der Waals surface area contributed by atoms with Crippen LogP contribution >= 0.6 is 23.2 Å². The van der Waals surface area contributed by atoms with E-state index in [0.717, 1.165) is 18.4 Å². The Kier molecular flexibility index (Phi) is 10.5. The van der Waals surface area contributed by atoms with Crippen LogP contribution in [-0.2, 0) is 26.2 Å². The first kappa shape index (κ1) is 29.8. The molecule has 0 aliphatic rings. The van der Waals surface area contributed by atoms with Crippen LogP contribution in [0.4, 0.5) is 14.5 Å². The zero-order chi connectivity index (χ0) is 27.2. The fourth-order valence-corrected chi connectivity index (χ4v) is 4.59. The van der Waals surface area contributed by atoms with Gasteiger partial charge in [-0.1, -0.05) is 50.0 Å². The number of rotatable bonds is 11. The average molecular weight is 564 g/mol. The molecule has 0 fully saturated rings. The van der Waals surface area contributed by atoms with Gasteiger partial charge in [0.1, 0.15) is 12.6 Å². The number of carbonyl (C=O) groups is 2. The Bertz CT molecular complexity index is 1210. The first-order chi connectivity index (χ1) is 16.7. The summed E-state index contributed by atoms with van der Waals surface area (Å²) in [6.45, 7) is 5.14. The van der Waals surface area contributed by atoms with Crippen LogP contribution in [0.1, 0.15) is 32.8 Å². The lowest BCUT2D eigenvalue weighted by Crippen LogP contribution is -2.52. The van der Waals surface area contributed by atoms with E-state index in [0.29, 0.717) is 27.5 Å². The molecule has 2 aromatic carbocycles. The second-order valence-corrected chi connectivity index (χ2v) is 11.4. The van der Waals surface area contributed by atoms with Crippen molar-refractivity contribution in [2.45, 2.75) is 39.8 Å². The van der Waals surface area contributed by atoms with Crippen molar-refractivity contribution in [1.29, 1.82) is 0 Å². The highest BCUT2D eigenvalue weighted by molar-refractivity contribution is 7.92. The molecule has 0 aliphatic heterocycles. The minimum absolute atomic E-state index is 0.0707. The summed E-state index contributed by atoms with van der Waals surface area (Å²) in [6.07, 6.45) is 1.08. The van der Waals surface area contributed by atoms with Gasteiger partial charge in [-0.2, -0.15) is 0 Å². The lowest BCUT2D eigenvalue weighted by molar-refractivity contribution is -0.140. The molecule has 0 aromatic heterocycles. The van der Waals surface area contributed by atoms with Gasteiger partial charge >= 0.3 is 0 Å². The summed E-state index contributed by atoms with van der Waals surface area (Å²) < 4.78 is 53.0. The van der Waals surface area contributed by atoms with Gasteiger partial charge in [0.05, 0.1) is 22.0 Å².